The molecule has 350 valence electrons. The Kier molecular flexibility index (Phi) is 12.0. The van der Waals surface area contributed by atoms with E-state index in [1.807, 2.05) is 12.1 Å². The molecule has 68 heavy (non-hydrogen) atoms. The number of rotatable bonds is 13. The van der Waals surface area contributed by atoms with Crippen LogP contribution in [-0.2, 0) is 19.2 Å². The van der Waals surface area contributed by atoms with Gasteiger partial charge in [0, 0.05) is 68.6 Å². The largest absolute Gasteiger partial charge is 0.495 e. The van der Waals surface area contributed by atoms with E-state index < -0.39 is 52.7 Å². The molecule has 4 aliphatic heterocycles. The number of piperazine rings is 1. The Morgan fingerprint density at radius 2 is 1.46 bits per heavy atom. The Balaban J connectivity index is 0.709. The maximum absolute atomic E-state index is 13.7. The molecule has 5 heterocycles. The Bertz CT molecular complexity index is 2820. The number of carbonyl (C=O) groups is 6. The van der Waals surface area contributed by atoms with Crippen LogP contribution in [0.4, 0.5) is 27.1 Å². The van der Waals surface area contributed by atoms with Gasteiger partial charge < -0.3 is 29.9 Å². The molecule has 4 aromatic carbocycles. The number of hydrogen-bond acceptors (Lipinski definition) is 12. The van der Waals surface area contributed by atoms with Crippen molar-refractivity contribution in [3.05, 3.63) is 108 Å². The van der Waals surface area contributed by atoms with Gasteiger partial charge in [0.15, 0.2) is 0 Å². The van der Waals surface area contributed by atoms with Gasteiger partial charge >= 0.3 is 0 Å². The predicted molar refractivity (Wildman–Crippen MR) is 251 cm³/mol. The van der Waals surface area contributed by atoms with Crippen molar-refractivity contribution in [2.24, 2.45) is 11.3 Å². The van der Waals surface area contributed by atoms with Crippen molar-refractivity contribution in [3.63, 3.8) is 0 Å². The highest BCUT2D eigenvalue weighted by atomic mass is 19.1. The average Bonchev–Trinajstić information content (AvgIpc) is 4.14. The molecule has 0 spiro atoms. The molecule has 16 nitrogen and oxygen atoms in total. The van der Waals surface area contributed by atoms with Crippen molar-refractivity contribution in [1.82, 2.24) is 20.1 Å². The predicted octanol–water partition coefficient (Wildman–Crippen LogP) is 6.36. The summed E-state index contributed by atoms with van der Waals surface area (Å²) in [5, 5.41) is 8.64. The molecular formula is C51H51FN8O8. The van der Waals surface area contributed by atoms with Gasteiger partial charge in [-0.15, -0.1) is 0 Å². The first-order chi connectivity index (χ1) is 33.0. The number of aromatic nitrogens is 1. The second-order valence-electron chi connectivity index (χ2n) is 18.2. The van der Waals surface area contributed by atoms with Crippen LogP contribution in [0.1, 0.15) is 65.7 Å². The van der Waals surface area contributed by atoms with Crippen molar-refractivity contribution in [1.29, 1.82) is 0 Å². The molecule has 1 saturated carbocycles. The van der Waals surface area contributed by atoms with E-state index >= 15 is 0 Å². The second kappa shape index (κ2) is 18.4. The van der Waals surface area contributed by atoms with Gasteiger partial charge in [0.2, 0.25) is 23.6 Å². The van der Waals surface area contributed by atoms with E-state index in [4.69, 9.17) is 9.47 Å². The quantitative estimate of drug-likeness (QED) is 0.0879. The fourth-order valence-corrected chi connectivity index (χ4v) is 9.89. The van der Waals surface area contributed by atoms with Crippen LogP contribution >= 0.6 is 0 Å². The van der Waals surface area contributed by atoms with Crippen LogP contribution in [0.25, 0.3) is 10.9 Å². The van der Waals surface area contributed by atoms with Gasteiger partial charge in [-0.25, -0.2) is 4.39 Å². The number of anilines is 4. The van der Waals surface area contributed by atoms with Gasteiger partial charge in [-0.05, 0) is 130 Å². The summed E-state index contributed by atoms with van der Waals surface area (Å²) in [5.74, 6) is -0.796. The molecule has 1 unspecified atom stereocenters. The number of nitrogens with zero attached hydrogens (tertiary/aromatic N) is 5. The van der Waals surface area contributed by atoms with Crippen molar-refractivity contribution >= 4 is 69.1 Å². The highest BCUT2D eigenvalue weighted by molar-refractivity contribution is 6.25. The topological polar surface area (TPSA) is 183 Å². The molecule has 3 N–H and O–H groups in total. The van der Waals surface area contributed by atoms with Crippen LogP contribution in [0, 0.1) is 17.2 Å². The maximum Gasteiger partial charge on any atom is 0.264 e. The van der Waals surface area contributed by atoms with Gasteiger partial charge in [-0.3, -0.25) is 48.9 Å². The van der Waals surface area contributed by atoms with Crippen LogP contribution in [-0.4, -0.2) is 109 Å². The number of piperidine rings is 2. The summed E-state index contributed by atoms with van der Waals surface area (Å²) in [7, 11) is 1.66. The third kappa shape index (κ3) is 8.69. The number of carbonyl (C=O) groups excluding carboxylic acids is 6. The Morgan fingerprint density at radius 3 is 2.12 bits per heavy atom. The first-order valence-corrected chi connectivity index (χ1v) is 23.2. The number of fused-ring (bicyclic) bond motifs is 2. The highest BCUT2D eigenvalue weighted by Crippen LogP contribution is 2.48. The zero-order valence-corrected chi connectivity index (χ0v) is 37.6. The third-order valence-corrected chi connectivity index (χ3v) is 14.0. The fraction of sp³-hybridized carbons (Fsp3) is 0.353. The summed E-state index contributed by atoms with van der Waals surface area (Å²) in [6.45, 7) is 5.77. The summed E-state index contributed by atoms with van der Waals surface area (Å²) >= 11 is 0. The standard InChI is InChI=1S/C51H51FN8O8/c1-67-43-29-37-38(53-21-15-42(37)68-35-11-9-34(10-12-35)55-50(66)51(19-20-51)49(65)54-33-7-5-32(52)6-8-33)30-41(43)58-23-17-31(18-24-58)16-22-57-25-27-59(28-26-57)39-4-2-3-36-45(39)48(64)60(47(36)63)40-13-14-44(61)56-46(40)62/h2-12,15,21,29-31,40H,13-14,16-20,22-28H2,1H3,(H,54,65)(H,55,66)(H,56,61,62). The number of imide groups is 2. The van der Waals surface area contributed by atoms with Gasteiger partial charge in [-0.1, -0.05) is 6.07 Å². The number of amides is 6. The smallest absolute Gasteiger partial charge is 0.264 e. The van der Waals surface area contributed by atoms with Crippen LogP contribution in [0.2, 0.25) is 0 Å². The molecule has 0 bridgehead atoms. The van der Waals surface area contributed by atoms with Crippen LogP contribution in [0.15, 0.2) is 91.1 Å². The lowest BCUT2D eigenvalue weighted by Gasteiger charge is -2.38. The molecule has 10 rings (SSSR count). The van der Waals surface area contributed by atoms with Crippen LogP contribution in [0.3, 0.4) is 0 Å². The highest BCUT2D eigenvalue weighted by Gasteiger charge is 2.56. The Morgan fingerprint density at radius 1 is 0.779 bits per heavy atom. The van der Waals surface area contributed by atoms with Crippen molar-refractivity contribution in [2.45, 2.75) is 51.0 Å². The summed E-state index contributed by atoms with van der Waals surface area (Å²) in [5.41, 5.74) is 2.85. The molecular weight excluding hydrogens is 872 g/mol. The van der Waals surface area contributed by atoms with Crippen LogP contribution < -0.4 is 35.2 Å². The van der Waals surface area contributed by atoms with E-state index in [9.17, 15) is 33.2 Å². The number of nitrogens with one attached hydrogen (secondary N) is 3. The monoisotopic (exact) mass is 922 g/mol. The molecule has 0 radical (unpaired) electrons. The minimum absolute atomic E-state index is 0.0786. The molecule has 3 saturated heterocycles. The molecule has 6 amide bonds. The average molecular weight is 923 g/mol. The van der Waals surface area contributed by atoms with E-state index in [2.05, 4.69) is 41.7 Å². The minimum Gasteiger partial charge on any atom is -0.495 e. The minimum atomic E-state index is -1.18. The van der Waals surface area contributed by atoms with E-state index in [1.54, 1.807) is 55.8 Å². The molecule has 1 aliphatic carbocycles. The number of methoxy groups -OCH3 is 1. The van der Waals surface area contributed by atoms with Crippen molar-refractivity contribution in [3.8, 4) is 17.2 Å². The summed E-state index contributed by atoms with van der Waals surface area (Å²) in [4.78, 5) is 90.3. The van der Waals surface area contributed by atoms with E-state index in [1.165, 1.54) is 24.3 Å². The Hall–Kier alpha value is -7.40. The lowest BCUT2D eigenvalue weighted by atomic mass is 9.92. The Labute approximate surface area is 391 Å². The molecule has 4 fully saturated rings. The third-order valence-electron chi connectivity index (χ3n) is 14.0. The number of hydrogen-bond donors (Lipinski definition) is 3. The summed E-state index contributed by atoms with van der Waals surface area (Å²) in [6, 6.07) is 22.5. The van der Waals surface area contributed by atoms with Gasteiger partial charge in [0.1, 0.15) is 34.5 Å². The van der Waals surface area contributed by atoms with Crippen molar-refractivity contribution in [2.75, 3.05) is 73.4 Å². The number of benzene rings is 4. The molecule has 5 aromatic rings. The van der Waals surface area contributed by atoms with E-state index in [0.29, 0.717) is 71.5 Å². The van der Waals surface area contributed by atoms with Crippen molar-refractivity contribution < 1.29 is 42.6 Å². The second-order valence-corrected chi connectivity index (χ2v) is 18.2. The molecule has 17 heteroatoms. The number of ether oxygens (including phenoxy) is 2. The van der Waals surface area contributed by atoms with Gasteiger partial charge in [0.25, 0.3) is 11.8 Å². The summed E-state index contributed by atoms with van der Waals surface area (Å²) < 4.78 is 25.6. The molecule has 1 aromatic heterocycles. The lowest BCUT2D eigenvalue weighted by molar-refractivity contribution is -0.136. The number of halogens is 1. The first-order valence-electron chi connectivity index (χ1n) is 23.2. The summed E-state index contributed by atoms with van der Waals surface area (Å²) in [6.07, 6.45) is 5.90. The number of pyridine rings is 1. The van der Waals surface area contributed by atoms with Gasteiger partial charge in [-0.2, -0.15) is 0 Å². The van der Waals surface area contributed by atoms with E-state index in [-0.39, 0.29) is 12.8 Å². The molecule has 1 atom stereocenters. The fourth-order valence-electron chi connectivity index (χ4n) is 9.89. The lowest BCUT2D eigenvalue weighted by Crippen LogP contribution is -2.54. The van der Waals surface area contributed by atoms with Gasteiger partial charge in [0.05, 0.1) is 35.1 Å². The van der Waals surface area contributed by atoms with Crippen LogP contribution in [0.5, 0.6) is 17.2 Å². The first kappa shape index (κ1) is 44.4. The van der Waals surface area contributed by atoms with E-state index in [0.717, 1.165) is 79.2 Å². The normalized spacial score (nSPS) is 19.4. The SMILES string of the molecule is COc1cc2c(Oc3ccc(NC(=O)C4(C(=O)Nc5ccc(F)cc5)CC4)cc3)ccnc2cc1N1CCC(CCN2CCN(c3cccc4c3C(=O)N(C3CCC(=O)NC3=O)C4=O)CC2)CC1. The molecule has 5 aliphatic rings. The maximum atomic E-state index is 13.7. The zero-order valence-electron chi connectivity index (χ0n) is 37.6. The zero-order chi connectivity index (χ0) is 47.1.